The lowest BCUT2D eigenvalue weighted by molar-refractivity contribution is -0.137. The van der Waals surface area contributed by atoms with E-state index in [4.69, 9.17) is 0 Å². The number of fused-ring (bicyclic) bond motifs is 1. The number of aromatic amines is 1. The van der Waals surface area contributed by atoms with E-state index in [2.05, 4.69) is 35.6 Å². The van der Waals surface area contributed by atoms with Crippen molar-refractivity contribution >= 4 is 34.0 Å². The molecule has 5 aromatic rings. The number of hydrogen-bond donors (Lipinski definition) is 3. The molecule has 0 fully saturated rings. The Labute approximate surface area is 189 Å². The van der Waals surface area contributed by atoms with Crippen LogP contribution >= 0.6 is 0 Å². The van der Waals surface area contributed by atoms with Gasteiger partial charge in [-0.25, -0.2) is 24.3 Å². The van der Waals surface area contributed by atoms with Crippen molar-refractivity contribution in [3.05, 3.63) is 84.8 Å². The van der Waals surface area contributed by atoms with E-state index >= 15 is 0 Å². The molecule has 0 aliphatic rings. The number of alkyl halides is 3. The quantitative estimate of drug-likeness (QED) is 0.273. The number of benzene rings is 2. The molecule has 5 rings (SSSR count). The molecular weight excluding hydrogens is 450 g/mol. The van der Waals surface area contributed by atoms with Gasteiger partial charge >= 0.3 is 6.18 Å². The zero-order chi connectivity index (χ0) is 23.7. The van der Waals surface area contributed by atoms with Crippen LogP contribution in [0.4, 0.5) is 40.4 Å². The van der Waals surface area contributed by atoms with Crippen molar-refractivity contribution in [1.82, 2.24) is 24.9 Å². The summed E-state index contributed by atoms with van der Waals surface area (Å²) >= 11 is 0. The van der Waals surface area contributed by atoms with Crippen LogP contribution < -0.4 is 10.6 Å². The summed E-state index contributed by atoms with van der Waals surface area (Å²) in [7, 11) is 0. The van der Waals surface area contributed by atoms with Gasteiger partial charge in [0.2, 0.25) is 0 Å². The van der Waals surface area contributed by atoms with Gasteiger partial charge in [-0.15, -0.1) is 0 Å². The van der Waals surface area contributed by atoms with Gasteiger partial charge in [0.15, 0.2) is 5.65 Å². The van der Waals surface area contributed by atoms with E-state index in [1.165, 1.54) is 43.0 Å². The molecule has 0 aliphatic heterocycles. The van der Waals surface area contributed by atoms with Gasteiger partial charge in [-0.3, -0.25) is 0 Å². The molecule has 0 atom stereocenters. The SMILES string of the molecule is Fc1ccc(Nc2ncccc2-c2ncnc3nc[nH]c23)cc1Nc1ccc(C(F)(F)F)cc1. The van der Waals surface area contributed by atoms with Crippen LogP contribution in [0.15, 0.2) is 73.4 Å². The standard InChI is InChI=1S/C23H15F4N7/c24-17-8-7-15(10-18(17)33-14-5-3-13(4-6-14)23(25,26)27)34-21-16(2-1-9-28-21)19-20-22(31-11-29-19)32-12-30-20/h1-12,33H,(H,28,34)(H,29,30,31,32). The van der Waals surface area contributed by atoms with Crippen molar-refractivity contribution in [3.8, 4) is 11.3 Å². The lowest BCUT2D eigenvalue weighted by Gasteiger charge is -2.14. The Kier molecular flexibility index (Phi) is 5.28. The largest absolute Gasteiger partial charge is 0.416 e. The molecule has 0 aliphatic carbocycles. The Morgan fingerprint density at radius 3 is 2.41 bits per heavy atom. The molecule has 0 radical (unpaired) electrons. The van der Waals surface area contributed by atoms with Gasteiger partial charge in [0.1, 0.15) is 29.2 Å². The second-order valence-corrected chi connectivity index (χ2v) is 7.24. The van der Waals surface area contributed by atoms with E-state index < -0.39 is 17.6 Å². The summed E-state index contributed by atoms with van der Waals surface area (Å²) < 4.78 is 52.8. The third-order valence-corrected chi connectivity index (χ3v) is 5.01. The Morgan fingerprint density at radius 2 is 1.62 bits per heavy atom. The predicted octanol–water partition coefficient (Wildman–Crippen LogP) is 6.06. The second-order valence-electron chi connectivity index (χ2n) is 7.24. The third-order valence-electron chi connectivity index (χ3n) is 5.01. The molecule has 34 heavy (non-hydrogen) atoms. The van der Waals surface area contributed by atoms with Gasteiger partial charge in [-0.1, -0.05) is 0 Å². The molecule has 3 aromatic heterocycles. The Bertz CT molecular complexity index is 1460. The first-order valence-corrected chi connectivity index (χ1v) is 9.99. The number of H-pyrrole nitrogens is 1. The number of halogens is 4. The lowest BCUT2D eigenvalue weighted by Crippen LogP contribution is -2.04. The van der Waals surface area contributed by atoms with Crippen molar-refractivity contribution in [1.29, 1.82) is 0 Å². The first-order valence-electron chi connectivity index (χ1n) is 9.99. The molecular formula is C23H15F4N7. The molecule has 0 saturated carbocycles. The van der Waals surface area contributed by atoms with Crippen molar-refractivity contribution in [2.24, 2.45) is 0 Å². The van der Waals surface area contributed by atoms with Crippen LogP contribution in [0.3, 0.4) is 0 Å². The molecule has 0 bridgehead atoms. The normalized spacial score (nSPS) is 11.5. The first kappa shape index (κ1) is 21.3. The average molecular weight is 465 g/mol. The summed E-state index contributed by atoms with van der Waals surface area (Å²) in [5, 5.41) is 5.96. The molecule has 170 valence electrons. The Hall–Kier alpha value is -4.54. The number of rotatable bonds is 5. The van der Waals surface area contributed by atoms with Crippen LogP contribution in [-0.2, 0) is 6.18 Å². The molecule has 0 amide bonds. The monoisotopic (exact) mass is 465 g/mol. The second kappa shape index (κ2) is 8.43. The van der Waals surface area contributed by atoms with E-state index in [9.17, 15) is 17.6 Å². The summed E-state index contributed by atoms with van der Waals surface area (Å²) in [5.41, 5.74) is 2.51. The summed E-state index contributed by atoms with van der Waals surface area (Å²) in [5.74, 6) is -0.106. The number of hydrogen-bond acceptors (Lipinski definition) is 6. The molecule has 11 heteroatoms. The number of aromatic nitrogens is 5. The van der Waals surface area contributed by atoms with Crippen molar-refractivity contribution in [3.63, 3.8) is 0 Å². The van der Waals surface area contributed by atoms with E-state index in [1.54, 1.807) is 12.3 Å². The molecule has 0 unspecified atom stereocenters. The number of pyridine rings is 1. The smallest absolute Gasteiger partial charge is 0.353 e. The maximum absolute atomic E-state index is 14.4. The molecule has 2 aromatic carbocycles. The summed E-state index contributed by atoms with van der Waals surface area (Å²) in [4.78, 5) is 20.0. The maximum Gasteiger partial charge on any atom is 0.416 e. The molecule has 0 saturated heterocycles. The minimum atomic E-state index is -4.44. The minimum Gasteiger partial charge on any atom is -0.353 e. The van der Waals surface area contributed by atoms with Crippen molar-refractivity contribution in [2.75, 3.05) is 10.6 Å². The van der Waals surface area contributed by atoms with Gasteiger partial charge in [-0.2, -0.15) is 13.2 Å². The number of anilines is 4. The van der Waals surface area contributed by atoms with Gasteiger partial charge in [-0.05, 0) is 54.6 Å². The maximum atomic E-state index is 14.4. The molecule has 3 N–H and O–H groups in total. The summed E-state index contributed by atoms with van der Waals surface area (Å²) in [6, 6.07) is 12.2. The fraction of sp³-hybridized carbons (Fsp3) is 0.0435. The highest BCUT2D eigenvalue weighted by Crippen LogP contribution is 2.33. The van der Waals surface area contributed by atoms with Crippen LogP contribution in [0.1, 0.15) is 5.56 Å². The zero-order valence-electron chi connectivity index (χ0n) is 17.2. The highest BCUT2D eigenvalue weighted by molar-refractivity contribution is 5.91. The van der Waals surface area contributed by atoms with E-state index in [0.29, 0.717) is 39.6 Å². The summed E-state index contributed by atoms with van der Waals surface area (Å²) in [6.07, 6.45) is 0.0757. The first-order chi connectivity index (χ1) is 16.4. The van der Waals surface area contributed by atoms with Crippen molar-refractivity contribution < 1.29 is 17.6 Å². The van der Waals surface area contributed by atoms with Gasteiger partial charge < -0.3 is 15.6 Å². The minimum absolute atomic E-state index is 0.0836. The number of nitrogens with zero attached hydrogens (tertiary/aromatic N) is 4. The Balaban J connectivity index is 1.44. The van der Waals surface area contributed by atoms with Gasteiger partial charge in [0.25, 0.3) is 0 Å². The molecule has 3 heterocycles. The fourth-order valence-corrected chi connectivity index (χ4v) is 3.40. The highest BCUT2D eigenvalue weighted by atomic mass is 19.4. The van der Waals surface area contributed by atoms with E-state index in [-0.39, 0.29) is 5.69 Å². The van der Waals surface area contributed by atoms with Crippen LogP contribution in [0.25, 0.3) is 22.4 Å². The number of nitrogens with one attached hydrogen (secondary N) is 3. The molecule has 7 nitrogen and oxygen atoms in total. The van der Waals surface area contributed by atoms with Crippen LogP contribution in [0, 0.1) is 5.82 Å². The third kappa shape index (κ3) is 4.22. The van der Waals surface area contributed by atoms with Crippen LogP contribution in [-0.4, -0.2) is 24.9 Å². The van der Waals surface area contributed by atoms with Crippen molar-refractivity contribution in [2.45, 2.75) is 6.18 Å². The van der Waals surface area contributed by atoms with Gasteiger partial charge in [0, 0.05) is 23.1 Å². The lowest BCUT2D eigenvalue weighted by atomic mass is 10.1. The summed E-state index contributed by atoms with van der Waals surface area (Å²) in [6.45, 7) is 0. The topological polar surface area (TPSA) is 91.4 Å². The van der Waals surface area contributed by atoms with Crippen LogP contribution in [0.5, 0.6) is 0 Å². The van der Waals surface area contributed by atoms with E-state index in [0.717, 1.165) is 12.1 Å². The highest BCUT2D eigenvalue weighted by Gasteiger charge is 2.30. The molecule has 0 spiro atoms. The predicted molar refractivity (Wildman–Crippen MR) is 119 cm³/mol. The number of imidazole rings is 1. The van der Waals surface area contributed by atoms with Crippen LogP contribution in [0.2, 0.25) is 0 Å². The van der Waals surface area contributed by atoms with E-state index in [1.807, 2.05) is 6.07 Å². The van der Waals surface area contributed by atoms with Gasteiger partial charge in [0.05, 0.1) is 17.6 Å². The average Bonchev–Trinajstić information content (AvgIpc) is 3.31. The Morgan fingerprint density at radius 1 is 0.824 bits per heavy atom. The zero-order valence-corrected chi connectivity index (χ0v) is 17.2. The fourth-order valence-electron chi connectivity index (χ4n) is 3.40.